The van der Waals surface area contributed by atoms with Crippen molar-refractivity contribution in [3.8, 4) is 5.75 Å². The number of rotatable bonds is 8. The quantitative estimate of drug-likeness (QED) is 0.307. The SMILES string of the molecule is C[NH+](C)CCN1C(=O)C(=O)/C(=C(\O)c2ccc(OCc3ccccc3)cc2)[C@H]1c1ccncc1. The lowest BCUT2D eigenvalue weighted by Gasteiger charge is -2.25. The van der Waals surface area contributed by atoms with Crippen LogP contribution >= 0.6 is 0 Å². The van der Waals surface area contributed by atoms with Crippen LogP contribution in [0.4, 0.5) is 0 Å². The fraction of sp³-hybridized carbons (Fsp3) is 0.222. The molecule has 0 saturated carbocycles. The molecule has 0 bridgehead atoms. The van der Waals surface area contributed by atoms with Crippen LogP contribution in [-0.2, 0) is 16.2 Å². The summed E-state index contributed by atoms with van der Waals surface area (Å²) in [7, 11) is 3.97. The molecule has 0 radical (unpaired) electrons. The normalized spacial score (nSPS) is 17.4. The molecular weight excluding hydrogens is 430 g/mol. The molecule has 1 aromatic heterocycles. The van der Waals surface area contributed by atoms with Gasteiger partial charge in [0.2, 0.25) is 0 Å². The number of hydrogen-bond donors (Lipinski definition) is 2. The molecule has 0 aliphatic carbocycles. The van der Waals surface area contributed by atoms with Crippen LogP contribution < -0.4 is 9.64 Å². The van der Waals surface area contributed by atoms with Gasteiger partial charge in [0, 0.05) is 18.0 Å². The van der Waals surface area contributed by atoms with Crippen molar-refractivity contribution in [1.29, 1.82) is 0 Å². The summed E-state index contributed by atoms with van der Waals surface area (Å²) < 4.78 is 5.82. The first-order chi connectivity index (χ1) is 16.5. The maximum absolute atomic E-state index is 13.0. The van der Waals surface area contributed by atoms with E-state index >= 15 is 0 Å². The van der Waals surface area contributed by atoms with Crippen molar-refractivity contribution in [3.05, 3.63) is 101 Å². The number of amides is 1. The van der Waals surface area contributed by atoms with E-state index in [-0.39, 0.29) is 11.3 Å². The molecule has 1 atom stereocenters. The monoisotopic (exact) mass is 458 g/mol. The highest BCUT2D eigenvalue weighted by molar-refractivity contribution is 6.46. The molecule has 2 heterocycles. The Balaban J connectivity index is 1.63. The largest absolute Gasteiger partial charge is 0.507 e. The van der Waals surface area contributed by atoms with Gasteiger partial charge in [0.05, 0.1) is 38.8 Å². The second kappa shape index (κ2) is 10.3. The van der Waals surface area contributed by atoms with Crippen LogP contribution in [0, 0.1) is 0 Å². The standard InChI is InChI=1S/C27H27N3O4/c1-29(2)16-17-30-24(20-12-14-28-15-13-20)23(26(32)27(30)33)25(31)21-8-10-22(11-9-21)34-18-19-6-4-3-5-7-19/h3-15,24,31H,16-18H2,1-2H3/p+1/b25-23-/t24-/m1/s1. The lowest BCUT2D eigenvalue weighted by atomic mass is 9.96. The number of likely N-dealkylation sites (tertiary alicyclic amines) is 1. The van der Waals surface area contributed by atoms with Crippen LogP contribution in [0.2, 0.25) is 0 Å². The number of likely N-dealkylation sites (N-methyl/N-ethyl adjacent to an activating group) is 1. The topological polar surface area (TPSA) is 84.2 Å². The van der Waals surface area contributed by atoms with Crippen LogP contribution in [0.15, 0.2) is 84.7 Å². The summed E-state index contributed by atoms with van der Waals surface area (Å²) in [5.41, 5.74) is 2.31. The van der Waals surface area contributed by atoms with Gasteiger partial charge in [0.15, 0.2) is 0 Å². The van der Waals surface area contributed by atoms with Crippen molar-refractivity contribution in [3.63, 3.8) is 0 Å². The highest BCUT2D eigenvalue weighted by Crippen LogP contribution is 2.39. The predicted molar refractivity (Wildman–Crippen MR) is 128 cm³/mol. The van der Waals surface area contributed by atoms with E-state index in [9.17, 15) is 14.7 Å². The summed E-state index contributed by atoms with van der Waals surface area (Å²) in [5, 5.41) is 11.2. The van der Waals surface area contributed by atoms with E-state index in [4.69, 9.17) is 4.74 Å². The Bertz CT molecular complexity index is 1180. The van der Waals surface area contributed by atoms with Crippen molar-refractivity contribution >= 4 is 17.4 Å². The number of benzene rings is 2. The smallest absolute Gasteiger partial charge is 0.295 e. The number of ether oxygens (including phenoxy) is 1. The molecular formula is C27H28N3O4+. The van der Waals surface area contributed by atoms with Gasteiger partial charge >= 0.3 is 0 Å². The summed E-state index contributed by atoms with van der Waals surface area (Å²) in [5.74, 6) is -0.847. The average molecular weight is 459 g/mol. The molecule has 174 valence electrons. The molecule has 1 fully saturated rings. The van der Waals surface area contributed by atoms with Crippen molar-refractivity contribution < 1.29 is 24.3 Å². The predicted octanol–water partition coefficient (Wildman–Crippen LogP) is 2.23. The van der Waals surface area contributed by atoms with E-state index in [2.05, 4.69) is 4.98 Å². The molecule has 4 rings (SSSR count). The highest BCUT2D eigenvalue weighted by atomic mass is 16.5. The zero-order valence-corrected chi connectivity index (χ0v) is 19.3. The van der Waals surface area contributed by atoms with Gasteiger partial charge in [-0.3, -0.25) is 14.6 Å². The minimum atomic E-state index is -0.683. The molecule has 1 aliphatic heterocycles. The Morgan fingerprint density at radius 3 is 2.32 bits per heavy atom. The number of aliphatic hydroxyl groups is 1. The fourth-order valence-corrected chi connectivity index (χ4v) is 3.95. The van der Waals surface area contributed by atoms with Crippen LogP contribution in [0.25, 0.3) is 5.76 Å². The minimum absolute atomic E-state index is 0.0860. The number of nitrogens with zero attached hydrogens (tertiary/aromatic N) is 2. The number of hydrogen-bond acceptors (Lipinski definition) is 5. The molecule has 1 saturated heterocycles. The van der Waals surface area contributed by atoms with Gasteiger partial charge in [-0.05, 0) is 47.5 Å². The third-order valence-corrected chi connectivity index (χ3v) is 5.79. The second-order valence-electron chi connectivity index (χ2n) is 8.53. The van der Waals surface area contributed by atoms with Crippen molar-refractivity contribution in [2.75, 3.05) is 27.2 Å². The Morgan fingerprint density at radius 2 is 1.68 bits per heavy atom. The Morgan fingerprint density at radius 1 is 1.00 bits per heavy atom. The van der Waals surface area contributed by atoms with E-state index in [1.807, 2.05) is 44.4 Å². The number of aliphatic hydroxyl groups excluding tert-OH is 1. The summed E-state index contributed by atoms with van der Waals surface area (Å²) in [6.45, 7) is 1.48. The number of carbonyl (C=O) groups excluding carboxylic acids is 2. The number of carbonyl (C=O) groups is 2. The van der Waals surface area contributed by atoms with Crippen LogP contribution in [0.5, 0.6) is 5.75 Å². The molecule has 0 spiro atoms. The Hall–Kier alpha value is -3.97. The lowest BCUT2D eigenvalue weighted by molar-refractivity contribution is -0.857. The van der Waals surface area contributed by atoms with E-state index in [1.54, 1.807) is 48.8 Å². The number of ketones is 1. The zero-order valence-electron chi connectivity index (χ0n) is 19.3. The molecule has 1 aliphatic rings. The maximum atomic E-state index is 13.0. The first-order valence-corrected chi connectivity index (χ1v) is 11.2. The van der Waals surface area contributed by atoms with E-state index in [1.165, 1.54) is 4.90 Å². The first-order valence-electron chi connectivity index (χ1n) is 11.2. The summed E-state index contributed by atoms with van der Waals surface area (Å²) in [4.78, 5) is 32.7. The van der Waals surface area contributed by atoms with Gasteiger partial charge < -0.3 is 19.6 Å². The number of nitrogens with one attached hydrogen (secondary N) is 1. The van der Waals surface area contributed by atoms with Gasteiger partial charge in [-0.25, -0.2) is 0 Å². The minimum Gasteiger partial charge on any atom is -0.507 e. The van der Waals surface area contributed by atoms with E-state index in [0.717, 1.165) is 16.0 Å². The molecule has 34 heavy (non-hydrogen) atoms. The third kappa shape index (κ3) is 5.00. The van der Waals surface area contributed by atoms with Crippen molar-refractivity contribution in [2.24, 2.45) is 0 Å². The Kier molecular flexibility index (Phi) is 7.04. The van der Waals surface area contributed by atoms with Crippen molar-refractivity contribution in [2.45, 2.75) is 12.6 Å². The van der Waals surface area contributed by atoms with Gasteiger partial charge in [0.25, 0.3) is 11.7 Å². The van der Waals surface area contributed by atoms with E-state index in [0.29, 0.717) is 31.0 Å². The fourth-order valence-electron chi connectivity index (χ4n) is 3.95. The maximum Gasteiger partial charge on any atom is 0.295 e. The number of pyridine rings is 1. The van der Waals surface area contributed by atoms with Gasteiger partial charge in [-0.2, -0.15) is 0 Å². The summed E-state index contributed by atoms with van der Waals surface area (Å²) >= 11 is 0. The van der Waals surface area contributed by atoms with Gasteiger partial charge in [0.1, 0.15) is 18.1 Å². The molecule has 2 N–H and O–H groups in total. The number of quaternary nitrogens is 1. The number of Topliss-reactive ketones (excluding diaryl/α,β-unsaturated/α-hetero) is 1. The van der Waals surface area contributed by atoms with Crippen molar-refractivity contribution in [1.82, 2.24) is 9.88 Å². The van der Waals surface area contributed by atoms with E-state index < -0.39 is 17.7 Å². The average Bonchev–Trinajstić information content (AvgIpc) is 3.12. The molecule has 3 aromatic rings. The molecule has 7 heteroatoms. The highest BCUT2D eigenvalue weighted by Gasteiger charge is 2.46. The second-order valence-corrected chi connectivity index (χ2v) is 8.53. The van der Waals surface area contributed by atoms with Gasteiger partial charge in [-0.15, -0.1) is 0 Å². The third-order valence-electron chi connectivity index (χ3n) is 5.79. The molecule has 0 unspecified atom stereocenters. The van der Waals surface area contributed by atoms with Crippen LogP contribution in [-0.4, -0.2) is 53.9 Å². The first kappa shape index (κ1) is 23.2. The summed E-state index contributed by atoms with van der Waals surface area (Å²) in [6.07, 6.45) is 3.23. The molecule has 7 nitrogen and oxygen atoms in total. The molecule has 1 amide bonds. The van der Waals surface area contributed by atoms with Gasteiger partial charge in [-0.1, -0.05) is 30.3 Å². The van der Waals surface area contributed by atoms with Crippen LogP contribution in [0.1, 0.15) is 22.7 Å². The summed E-state index contributed by atoms with van der Waals surface area (Å²) in [6, 6.07) is 19.5. The Labute approximate surface area is 198 Å². The lowest BCUT2D eigenvalue weighted by Crippen LogP contribution is -3.06. The zero-order chi connectivity index (χ0) is 24.1. The molecule has 2 aromatic carbocycles. The number of aromatic nitrogens is 1. The van der Waals surface area contributed by atoms with Crippen LogP contribution in [0.3, 0.4) is 0 Å².